The molecule has 7 heteroatoms. The normalized spacial score (nSPS) is 11.9. The number of unbranched alkanes of at least 4 members (excludes halogenated alkanes) is 3. The van der Waals surface area contributed by atoms with E-state index >= 15 is 0 Å². The molecule has 1 aromatic heterocycles. The molecule has 1 aromatic rings. The lowest BCUT2D eigenvalue weighted by Crippen LogP contribution is -2.24. The van der Waals surface area contributed by atoms with Crippen LogP contribution in [0.15, 0.2) is 17.3 Å². The maximum atomic E-state index is 11.8. The Morgan fingerprint density at radius 3 is 2.65 bits per heavy atom. The Morgan fingerprint density at radius 1 is 1.35 bits per heavy atom. The predicted molar refractivity (Wildman–Crippen MR) is 70.7 cm³/mol. The maximum Gasteiger partial charge on any atom is 0.243 e. The molecule has 0 saturated carbocycles. The van der Waals surface area contributed by atoms with Crippen LogP contribution in [0.1, 0.15) is 25.7 Å². The van der Waals surface area contributed by atoms with Crippen molar-refractivity contribution in [2.24, 2.45) is 7.05 Å². The van der Waals surface area contributed by atoms with E-state index in [0.29, 0.717) is 6.54 Å². The van der Waals surface area contributed by atoms with E-state index in [1.807, 2.05) is 0 Å². The zero-order valence-electron chi connectivity index (χ0n) is 9.89. The highest BCUT2D eigenvalue weighted by molar-refractivity contribution is 9.09. The maximum absolute atomic E-state index is 11.8. The van der Waals surface area contributed by atoms with E-state index in [4.69, 9.17) is 0 Å². The average molecular weight is 324 g/mol. The Balaban J connectivity index is 2.31. The summed E-state index contributed by atoms with van der Waals surface area (Å²) in [6.45, 7) is 0.486. The Labute approximate surface area is 111 Å². The Hall–Kier alpha value is -0.400. The van der Waals surface area contributed by atoms with E-state index in [2.05, 4.69) is 25.8 Å². The van der Waals surface area contributed by atoms with Crippen molar-refractivity contribution in [1.29, 1.82) is 0 Å². The quantitative estimate of drug-likeness (QED) is 0.584. The molecule has 1 rings (SSSR count). The predicted octanol–water partition coefficient (Wildman–Crippen LogP) is 1.65. The van der Waals surface area contributed by atoms with Crippen LogP contribution in [0.25, 0.3) is 0 Å². The average Bonchev–Trinajstić information content (AvgIpc) is 2.71. The smallest absolute Gasteiger partial charge is 0.243 e. The molecule has 0 amide bonds. The summed E-state index contributed by atoms with van der Waals surface area (Å²) in [6.07, 6.45) is 7.02. The number of hydrogen-bond acceptors (Lipinski definition) is 3. The van der Waals surface area contributed by atoms with Gasteiger partial charge in [0.2, 0.25) is 10.0 Å². The van der Waals surface area contributed by atoms with Gasteiger partial charge in [0.1, 0.15) is 4.90 Å². The molecule has 0 atom stereocenters. The van der Waals surface area contributed by atoms with Gasteiger partial charge < -0.3 is 0 Å². The Morgan fingerprint density at radius 2 is 2.06 bits per heavy atom. The molecule has 17 heavy (non-hydrogen) atoms. The van der Waals surface area contributed by atoms with Gasteiger partial charge >= 0.3 is 0 Å². The molecule has 1 heterocycles. The lowest BCUT2D eigenvalue weighted by Gasteiger charge is -2.04. The summed E-state index contributed by atoms with van der Waals surface area (Å²) < 4.78 is 27.6. The SMILES string of the molecule is Cn1cc(S(=O)(=O)NCCCCCCBr)cn1. The van der Waals surface area contributed by atoms with Crippen molar-refractivity contribution in [3.8, 4) is 0 Å². The number of nitrogens with zero attached hydrogens (tertiary/aromatic N) is 2. The highest BCUT2D eigenvalue weighted by atomic mass is 79.9. The van der Waals surface area contributed by atoms with Crippen LogP contribution < -0.4 is 4.72 Å². The molecule has 0 aliphatic rings. The second kappa shape index (κ2) is 7.13. The summed E-state index contributed by atoms with van der Waals surface area (Å²) in [5, 5.41) is 4.85. The molecular weight excluding hydrogens is 306 g/mol. The fraction of sp³-hybridized carbons (Fsp3) is 0.700. The summed E-state index contributed by atoms with van der Waals surface area (Å²) in [5.74, 6) is 0. The van der Waals surface area contributed by atoms with Gasteiger partial charge in [-0.15, -0.1) is 0 Å². The van der Waals surface area contributed by atoms with E-state index < -0.39 is 10.0 Å². The van der Waals surface area contributed by atoms with Crippen LogP contribution in [0.2, 0.25) is 0 Å². The number of hydrogen-bond donors (Lipinski definition) is 1. The second-order valence-corrected chi connectivity index (χ2v) is 6.41. The fourth-order valence-electron chi connectivity index (χ4n) is 1.40. The fourth-order valence-corrected chi connectivity index (χ4v) is 2.85. The summed E-state index contributed by atoms with van der Waals surface area (Å²) in [7, 11) is -1.68. The van der Waals surface area contributed by atoms with Crippen LogP contribution in [-0.4, -0.2) is 30.1 Å². The van der Waals surface area contributed by atoms with Crippen molar-refractivity contribution in [3.63, 3.8) is 0 Å². The Bertz CT molecular complexity index is 431. The van der Waals surface area contributed by atoms with E-state index in [9.17, 15) is 8.42 Å². The van der Waals surface area contributed by atoms with Gasteiger partial charge in [0.05, 0.1) is 6.20 Å². The van der Waals surface area contributed by atoms with Gasteiger partial charge in [0.15, 0.2) is 0 Å². The highest BCUT2D eigenvalue weighted by Crippen LogP contribution is 2.06. The Kier molecular flexibility index (Phi) is 6.15. The summed E-state index contributed by atoms with van der Waals surface area (Å²) in [5.41, 5.74) is 0. The van der Waals surface area contributed by atoms with Crippen LogP contribution in [0.3, 0.4) is 0 Å². The minimum Gasteiger partial charge on any atom is -0.274 e. The first-order chi connectivity index (χ1) is 8.06. The minimum absolute atomic E-state index is 0.223. The van der Waals surface area contributed by atoms with Gasteiger partial charge in [0.25, 0.3) is 0 Å². The zero-order valence-corrected chi connectivity index (χ0v) is 12.3. The standard InChI is InChI=1S/C10H18BrN3O2S/c1-14-9-10(8-12-14)17(15,16)13-7-5-3-2-4-6-11/h8-9,13H,2-7H2,1H3. The first-order valence-corrected chi connectivity index (χ1v) is 8.21. The number of sulfonamides is 1. The number of rotatable bonds is 8. The van der Waals surface area contributed by atoms with Gasteiger partial charge in [-0.05, 0) is 12.8 Å². The number of halogens is 1. The van der Waals surface area contributed by atoms with E-state index in [-0.39, 0.29) is 4.90 Å². The third kappa shape index (κ3) is 5.18. The molecule has 0 aromatic carbocycles. The van der Waals surface area contributed by atoms with E-state index in [1.165, 1.54) is 17.1 Å². The minimum atomic E-state index is -3.37. The molecular formula is C10H18BrN3O2S. The molecule has 98 valence electrons. The molecule has 0 aliphatic heterocycles. The first-order valence-electron chi connectivity index (χ1n) is 5.60. The van der Waals surface area contributed by atoms with Crippen LogP contribution >= 0.6 is 15.9 Å². The lowest BCUT2D eigenvalue weighted by atomic mass is 10.2. The molecule has 0 unspecified atom stereocenters. The zero-order chi connectivity index (χ0) is 12.7. The van der Waals surface area contributed by atoms with Crippen molar-refractivity contribution in [1.82, 2.24) is 14.5 Å². The van der Waals surface area contributed by atoms with Crippen molar-refractivity contribution < 1.29 is 8.42 Å². The number of alkyl halides is 1. The number of aromatic nitrogens is 2. The van der Waals surface area contributed by atoms with Gasteiger partial charge in [-0.1, -0.05) is 28.8 Å². The number of nitrogens with one attached hydrogen (secondary N) is 1. The van der Waals surface area contributed by atoms with Gasteiger partial charge in [-0.3, -0.25) is 4.68 Å². The van der Waals surface area contributed by atoms with Gasteiger partial charge in [-0.2, -0.15) is 5.10 Å². The topological polar surface area (TPSA) is 64.0 Å². The summed E-state index contributed by atoms with van der Waals surface area (Å²) >= 11 is 3.36. The third-order valence-electron chi connectivity index (χ3n) is 2.34. The molecule has 0 radical (unpaired) electrons. The van der Waals surface area contributed by atoms with E-state index in [0.717, 1.165) is 31.0 Å². The van der Waals surface area contributed by atoms with Crippen LogP contribution in [0.4, 0.5) is 0 Å². The largest absolute Gasteiger partial charge is 0.274 e. The van der Waals surface area contributed by atoms with Gasteiger partial charge in [-0.25, -0.2) is 13.1 Å². The molecule has 1 N–H and O–H groups in total. The van der Waals surface area contributed by atoms with Crippen LogP contribution in [-0.2, 0) is 17.1 Å². The lowest BCUT2D eigenvalue weighted by molar-refractivity contribution is 0.574. The van der Waals surface area contributed by atoms with Crippen molar-refractivity contribution >= 4 is 26.0 Å². The highest BCUT2D eigenvalue weighted by Gasteiger charge is 2.14. The number of aryl methyl sites for hydroxylation is 1. The summed E-state index contributed by atoms with van der Waals surface area (Å²) in [4.78, 5) is 0.223. The molecule has 0 aliphatic carbocycles. The van der Waals surface area contributed by atoms with Crippen LogP contribution in [0, 0.1) is 0 Å². The van der Waals surface area contributed by atoms with Crippen LogP contribution in [0.5, 0.6) is 0 Å². The molecule has 0 spiro atoms. The first kappa shape index (κ1) is 14.7. The monoisotopic (exact) mass is 323 g/mol. The molecule has 0 saturated heterocycles. The molecule has 0 fully saturated rings. The van der Waals surface area contributed by atoms with E-state index in [1.54, 1.807) is 7.05 Å². The van der Waals surface area contributed by atoms with Crippen molar-refractivity contribution in [2.45, 2.75) is 30.6 Å². The third-order valence-corrected chi connectivity index (χ3v) is 4.32. The molecule has 0 bridgehead atoms. The summed E-state index contributed by atoms with van der Waals surface area (Å²) in [6, 6.07) is 0. The van der Waals surface area contributed by atoms with Crippen molar-refractivity contribution in [2.75, 3.05) is 11.9 Å². The van der Waals surface area contributed by atoms with Gasteiger partial charge in [0, 0.05) is 25.1 Å². The second-order valence-electron chi connectivity index (χ2n) is 3.85. The van der Waals surface area contributed by atoms with Crippen molar-refractivity contribution in [3.05, 3.63) is 12.4 Å². The molecule has 5 nitrogen and oxygen atoms in total.